The number of carbonyl (C=O) groups is 1. The topological polar surface area (TPSA) is 95.0 Å². The zero-order valence-corrected chi connectivity index (χ0v) is 16.1. The molecule has 0 aliphatic carbocycles. The third-order valence-electron chi connectivity index (χ3n) is 5.07. The number of anilines is 1. The Morgan fingerprint density at radius 2 is 1.93 bits per heavy atom. The third-order valence-corrected chi connectivity index (χ3v) is 5.07. The number of carbonyl (C=O) groups excluding carboxylic acids is 1. The molecule has 1 N–H and O–H groups in total. The fourth-order valence-electron chi connectivity index (χ4n) is 3.45. The molecule has 1 aromatic heterocycles. The van der Waals surface area contributed by atoms with Crippen LogP contribution in [0, 0.1) is 18.3 Å². The maximum atomic E-state index is 12.9. The number of aryl methyl sites for hydroxylation is 1. The molecule has 29 heavy (non-hydrogen) atoms. The number of nitriles is 1. The highest BCUT2D eigenvalue weighted by molar-refractivity contribution is 5.89. The lowest BCUT2D eigenvalue weighted by atomic mass is 10.0. The van der Waals surface area contributed by atoms with Crippen molar-refractivity contribution in [1.82, 2.24) is 15.0 Å². The molecule has 0 radical (unpaired) electrons. The number of nitrogens with one attached hydrogen (secondary N) is 1. The number of likely N-dealkylation sites (tertiary alicyclic amines) is 1. The molecule has 1 saturated heterocycles. The van der Waals surface area contributed by atoms with Crippen molar-refractivity contribution in [3.63, 3.8) is 0 Å². The molecule has 3 aromatic rings. The Balaban J connectivity index is 1.52. The number of hydrogen-bond acceptors (Lipinski definition) is 5. The minimum atomic E-state index is -0.256. The van der Waals surface area contributed by atoms with Gasteiger partial charge in [-0.2, -0.15) is 10.2 Å². The van der Waals surface area contributed by atoms with Gasteiger partial charge in [-0.1, -0.05) is 35.0 Å². The van der Waals surface area contributed by atoms with Crippen LogP contribution in [0.5, 0.6) is 0 Å². The summed E-state index contributed by atoms with van der Waals surface area (Å²) in [5.74, 6) is 0.980. The second-order valence-electron chi connectivity index (χ2n) is 7.15. The largest absolute Gasteiger partial charge is 0.337 e. The number of aromatic nitrogens is 2. The summed E-state index contributed by atoms with van der Waals surface area (Å²) >= 11 is 0. The molecule has 1 fully saturated rings. The van der Waals surface area contributed by atoms with Crippen molar-refractivity contribution in [2.75, 3.05) is 11.9 Å². The number of hydrogen-bond donors (Lipinski definition) is 1. The number of benzene rings is 2. The van der Waals surface area contributed by atoms with Crippen LogP contribution in [-0.2, 0) is 0 Å². The van der Waals surface area contributed by atoms with Gasteiger partial charge in [-0.05, 0) is 50.5 Å². The van der Waals surface area contributed by atoms with E-state index in [9.17, 15) is 4.79 Å². The summed E-state index contributed by atoms with van der Waals surface area (Å²) < 4.78 is 5.53. The van der Waals surface area contributed by atoms with E-state index in [1.165, 1.54) is 0 Å². The van der Waals surface area contributed by atoms with Gasteiger partial charge in [-0.15, -0.1) is 0 Å². The number of amides is 2. The van der Waals surface area contributed by atoms with Gasteiger partial charge in [-0.3, -0.25) is 0 Å². The molecule has 4 rings (SSSR count). The van der Waals surface area contributed by atoms with Crippen LogP contribution in [0.1, 0.15) is 42.3 Å². The first-order valence-electron chi connectivity index (χ1n) is 9.62. The first-order chi connectivity index (χ1) is 14.1. The number of nitrogens with zero attached hydrogens (tertiary/aromatic N) is 4. The van der Waals surface area contributed by atoms with Gasteiger partial charge in [0.1, 0.15) is 6.04 Å². The summed E-state index contributed by atoms with van der Waals surface area (Å²) in [4.78, 5) is 19.2. The molecule has 146 valence electrons. The monoisotopic (exact) mass is 387 g/mol. The second kappa shape index (κ2) is 8.15. The summed E-state index contributed by atoms with van der Waals surface area (Å²) in [5.41, 5.74) is 3.24. The Labute approximate surface area is 169 Å². The highest BCUT2D eigenvalue weighted by Gasteiger charge is 2.32. The molecule has 7 nitrogen and oxygen atoms in total. The van der Waals surface area contributed by atoms with Gasteiger partial charge in [0.05, 0.1) is 11.6 Å². The van der Waals surface area contributed by atoms with Gasteiger partial charge in [-0.25, -0.2) is 4.79 Å². The van der Waals surface area contributed by atoms with Crippen molar-refractivity contribution >= 4 is 11.7 Å². The maximum Gasteiger partial charge on any atom is 0.322 e. The van der Waals surface area contributed by atoms with Crippen LogP contribution in [0.3, 0.4) is 0 Å². The molecular formula is C22H21N5O2. The molecule has 0 spiro atoms. The van der Waals surface area contributed by atoms with E-state index in [2.05, 4.69) is 21.5 Å². The lowest BCUT2D eigenvalue weighted by molar-refractivity contribution is 0.142. The zero-order valence-electron chi connectivity index (χ0n) is 16.1. The van der Waals surface area contributed by atoms with Crippen molar-refractivity contribution in [1.29, 1.82) is 5.26 Å². The third kappa shape index (κ3) is 4.11. The molecule has 2 heterocycles. The normalized spacial score (nSPS) is 16.3. The van der Waals surface area contributed by atoms with E-state index in [0.717, 1.165) is 30.4 Å². The highest BCUT2D eigenvalue weighted by atomic mass is 16.5. The summed E-state index contributed by atoms with van der Waals surface area (Å²) in [7, 11) is 0. The molecule has 7 heteroatoms. The molecule has 2 aromatic carbocycles. The molecule has 0 saturated carbocycles. The number of urea groups is 1. The van der Waals surface area contributed by atoms with Crippen molar-refractivity contribution in [3.05, 3.63) is 65.5 Å². The van der Waals surface area contributed by atoms with E-state index < -0.39 is 0 Å². The van der Waals surface area contributed by atoms with Crippen LogP contribution in [0.2, 0.25) is 0 Å². The Bertz CT molecular complexity index is 1030. The van der Waals surface area contributed by atoms with Gasteiger partial charge in [0.15, 0.2) is 0 Å². The smallest absolute Gasteiger partial charge is 0.322 e. The van der Waals surface area contributed by atoms with E-state index in [1.807, 2.05) is 31.2 Å². The quantitative estimate of drug-likeness (QED) is 0.704. The summed E-state index contributed by atoms with van der Waals surface area (Å²) in [6, 6.07) is 16.3. The van der Waals surface area contributed by atoms with Gasteiger partial charge < -0.3 is 14.7 Å². The minimum Gasteiger partial charge on any atom is -0.337 e. The van der Waals surface area contributed by atoms with Crippen LogP contribution in [0.15, 0.2) is 53.1 Å². The Kier molecular flexibility index (Phi) is 5.25. The lowest BCUT2D eigenvalue weighted by Crippen LogP contribution is -2.41. The molecule has 2 amide bonds. The van der Waals surface area contributed by atoms with Gasteiger partial charge in [0.25, 0.3) is 0 Å². The summed E-state index contributed by atoms with van der Waals surface area (Å²) in [5, 5.41) is 15.9. The fourth-order valence-corrected chi connectivity index (χ4v) is 3.45. The lowest BCUT2D eigenvalue weighted by Gasteiger charge is -2.33. The summed E-state index contributed by atoms with van der Waals surface area (Å²) in [6.45, 7) is 2.65. The molecule has 0 bridgehead atoms. The van der Waals surface area contributed by atoms with E-state index >= 15 is 0 Å². The number of rotatable bonds is 3. The predicted octanol–water partition coefficient (Wildman–Crippen LogP) is 4.68. The Hall–Kier alpha value is -3.66. The molecule has 1 aliphatic heterocycles. The van der Waals surface area contributed by atoms with E-state index in [0.29, 0.717) is 29.5 Å². The van der Waals surface area contributed by atoms with Crippen LogP contribution < -0.4 is 5.32 Å². The average molecular weight is 387 g/mol. The predicted molar refractivity (Wildman–Crippen MR) is 108 cm³/mol. The van der Waals surface area contributed by atoms with E-state index in [-0.39, 0.29) is 12.1 Å². The second-order valence-corrected chi connectivity index (χ2v) is 7.15. The molecule has 1 atom stereocenters. The van der Waals surface area contributed by atoms with Crippen molar-refractivity contribution in [2.24, 2.45) is 0 Å². The van der Waals surface area contributed by atoms with Crippen molar-refractivity contribution in [2.45, 2.75) is 32.2 Å². The van der Waals surface area contributed by atoms with Crippen LogP contribution in [0.25, 0.3) is 11.4 Å². The van der Waals surface area contributed by atoms with E-state index in [1.54, 1.807) is 29.2 Å². The fraction of sp³-hybridized carbons (Fsp3) is 0.273. The summed E-state index contributed by atoms with van der Waals surface area (Å²) in [6.07, 6.45) is 2.69. The average Bonchev–Trinajstić information content (AvgIpc) is 3.25. The van der Waals surface area contributed by atoms with Gasteiger partial charge in [0, 0.05) is 17.8 Å². The molecule has 0 unspecified atom stereocenters. The van der Waals surface area contributed by atoms with Gasteiger partial charge >= 0.3 is 6.03 Å². The van der Waals surface area contributed by atoms with Crippen molar-refractivity contribution in [3.8, 4) is 17.5 Å². The molecule has 1 aliphatic rings. The highest BCUT2D eigenvalue weighted by Crippen LogP contribution is 2.31. The zero-order chi connectivity index (χ0) is 20.2. The SMILES string of the molecule is Cc1ccc(-c2noc([C@H]3CCCCN3C(=O)Nc3ccc(C#N)cc3)n2)cc1. The number of piperidine rings is 1. The van der Waals surface area contributed by atoms with E-state index in [4.69, 9.17) is 9.78 Å². The first kappa shape index (κ1) is 18.7. The van der Waals surface area contributed by atoms with Crippen molar-refractivity contribution < 1.29 is 9.32 Å². The van der Waals surface area contributed by atoms with Crippen LogP contribution in [0.4, 0.5) is 10.5 Å². The van der Waals surface area contributed by atoms with Gasteiger partial charge in [0.2, 0.25) is 11.7 Å². The maximum absolute atomic E-state index is 12.9. The van der Waals surface area contributed by atoms with Crippen LogP contribution in [-0.4, -0.2) is 27.6 Å². The minimum absolute atomic E-state index is 0.213. The molecular weight excluding hydrogens is 366 g/mol. The Morgan fingerprint density at radius 3 is 2.66 bits per heavy atom. The van der Waals surface area contributed by atoms with Crippen LogP contribution >= 0.6 is 0 Å². The first-order valence-corrected chi connectivity index (χ1v) is 9.62. The Morgan fingerprint density at radius 1 is 1.17 bits per heavy atom. The standard InChI is InChI=1S/C22H21N5O2/c1-15-5-9-17(10-6-15)20-25-21(29-26-20)19-4-2-3-13-27(19)22(28)24-18-11-7-16(14-23)8-12-18/h5-12,19H,2-4,13H2,1H3,(H,24,28)/t19-/m1/s1.